The van der Waals surface area contributed by atoms with Crippen molar-refractivity contribution in [3.05, 3.63) is 11.1 Å². The van der Waals surface area contributed by atoms with E-state index in [0.29, 0.717) is 10.9 Å². The molecular formula is C16H24N2O4S. The molecule has 2 fully saturated rings. The summed E-state index contributed by atoms with van der Waals surface area (Å²) in [5.41, 5.74) is 0. The summed E-state index contributed by atoms with van der Waals surface area (Å²) < 4.78 is 4.86. The van der Waals surface area contributed by atoms with Gasteiger partial charge in [0, 0.05) is 6.04 Å². The number of carbonyl (C=O) groups is 3. The van der Waals surface area contributed by atoms with Crippen molar-refractivity contribution in [1.82, 2.24) is 10.2 Å². The van der Waals surface area contributed by atoms with Crippen LogP contribution in [0, 0.1) is 5.92 Å². The van der Waals surface area contributed by atoms with Crippen molar-refractivity contribution >= 4 is 29.5 Å². The third-order valence-corrected chi connectivity index (χ3v) is 5.22. The largest absolute Gasteiger partial charge is 0.463 e. The van der Waals surface area contributed by atoms with Crippen molar-refractivity contribution in [2.75, 3.05) is 18.9 Å². The second-order valence-electron chi connectivity index (χ2n) is 5.94. The number of hydrogen-bond acceptors (Lipinski definition) is 5. The number of rotatable bonds is 5. The number of nitrogens with one attached hydrogen (secondary N) is 1. The third-order valence-electron chi connectivity index (χ3n) is 4.20. The van der Waals surface area contributed by atoms with Crippen LogP contribution in [0.15, 0.2) is 11.1 Å². The molecule has 0 aromatic heterocycles. The molecule has 23 heavy (non-hydrogen) atoms. The maximum absolute atomic E-state index is 12.3. The molecule has 1 saturated heterocycles. The molecular weight excluding hydrogens is 316 g/mol. The fourth-order valence-corrected chi connectivity index (χ4v) is 3.84. The van der Waals surface area contributed by atoms with Gasteiger partial charge in [-0.05, 0) is 25.7 Å². The van der Waals surface area contributed by atoms with Gasteiger partial charge in [0.2, 0.25) is 11.8 Å². The van der Waals surface area contributed by atoms with E-state index in [-0.39, 0.29) is 36.8 Å². The second-order valence-corrected chi connectivity index (χ2v) is 6.93. The van der Waals surface area contributed by atoms with Crippen LogP contribution in [-0.2, 0) is 19.1 Å². The molecule has 1 saturated carbocycles. The first kappa shape index (κ1) is 17.8. The van der Waals surface area contributed by atoms with Crippen molar-refractivity contribution < 1.29 is 19.1 Å². The quantitative estimate of drug-likeness (QED) is 0.608. The number of nitrogens with zero attached hydrogens (tertiary/aromatic N) is 1. The number of thioether (sulfide) groups is 1. The first-order valence-electron chi connectivity index (χ1n) is 8.12. The van der Waals surface area contributed by atoms with E-state index in [2.05, 4.69) is 12.2 Å². The van der Waals surface area contributed by atoms with Crippen molar-refractivity contribution in [3.63, 3.8) is 0 Å². The van der Waals surface area contributed by atoms with Crippen LogP contribution in [0.3, 0.4) is 0 Å². The summed E-state index contributed by atoms with van der Waals surface area (Å²) in [4.78, 5) is 37.1. The van der Waals surface area contributed by atoms with E-state index in [1.54, 1.807) is 6.92 Å². The van der Waals surface area contributed by atoms with Gasteiger partial charge in [-0.1, -0.05) is 31.5 Å². The third kappa shape index (κ3) is 4.99. The Morgan fingerprint density at radius 1 is 1.39 bits per heavy atom. The lowest BCUT2D eigenvalue weighted by Crippen LogP contribution is -2.45. The second kappa shape index (κ2) is 8.38. The molecule has 2 aliphatic rings. The lowest BCUT2D eigenvalue weighted by molar-refractivity contribution is -0.137. The summed E-state index contributed by atoms with van der Waals surface area (Å²) in [7, 11) is 0. The Balaban J connectivity index is 1.94. The zero-order chi connectivity index (χ0) is 16.8. The normalized spacial score (nSPS) is 26.4. The van der Waals surface area contributed by atoms with E-state index in [4.69, 9.17) is 4.74 Å². The first-order valence-corrected chi connectivity index (χ1v) is 9.10. The Bertz CT molecular complexity index is 506. The summed E-state index contributed by atoms with van der Waals surface area (Å²) in [5.74, 6) is -0.105. The number of esters is 1. The van der Waals surface area contributed by atoms with E-state index in [9.17, 15) is 14.4 Å². The minimum Gasteiger partial charge on any atom is -0.463 e. The molecule has 0 bridgehead atoms. The van der Waals surface area contributed by atoms with Gasteiger partial charge in [0.15, 0.2) is 0 Å². The summed E-state index contributed by atoms with van der Waals surface area (Å²) in [5, 5.41) is 3.52. The lowest BCUT2D eigenvalue weighted by atomic mass is 9.86. The molecule has 1 aliphatic carbocycles. The van der Waals surface area contributed by atoms with Crippen LogP contribution < -0.4 is 5.32 Å². The SMILES string of the molecule is CCOC(=O)/C=C1\SCC(=O)N1CC(=O)N[C@H]1CCCC[C@@H]1C. The highest BCUT2D eigenvalue weighted by Crippen LogP contribution is 2.29. The van der Waals surface area contributed by atoms with Crippen LogP contribution in [-0.4, -0.2) is 47.6 Å². The van der Waals surface area contributed by atoms with Gasteiger partial charge in [-0.15, -0.1) is 0 Å². The summed E-state index contributed by atoms with van der Waals surface area (Å²) in [6.07, 6.45) is 5.73. The van der Waals surface area contributed by atoms with Crippen molar-refractivity contribution in [1.29, 1.82) is 0 Å². The molecule has 2 amide bonds. The van der Waals surface area contributed by atoms with Crippen molar-refractivity contribution in [3.8, 4) is 0 Å². The summed E-state index contributed by atoms with van der Waals surface area (Å²) >= 11 is 1.26. The van der Waals surface area contributed by atoms with E-state index in [1.807, 2.05) is 0 Å². The fourth-order valence-electron chi connectivity index (χ4n) is 2.91. The fraction of sp³-hybridized carbons (Fsp3) is 0.688. The molecule has 2 atom stereocenters. The van der Waals surface area contributed by atoms with Gasteiger partial charge in [-0.2, -0.15) is 0 Å². The highest BCUT2D eigenvalue weighted by molar-refractivity contribution is 8.04. The maximum Gasteiger partial charge on any atom is 0.333 e. The highest BCUT2D eigenvalue weighted by Gasteiger charge is 2.30. The Labute approximate surface area is 141 Å². The Morgan fingerprint density at radius 3 is 2.83 bits per heavy atom. The predicted molar refractivity (Wildman–Crippen MR) is 88.4 cm³/mol. The molecule has 1 heterocycles. The van der Waals surface area contributed by atoms with Crippen LogP contribution >= 0.6 is 11.8 Å². The monoisotopic (exact) mass is 340 g/mol. The molecule has 6 nitrogen and oxygen atoms in total. The van der Waals surface area contributed by atoms with Gasteiger partial charge in [0.1, 0.15) is 6.54 Å². The Hall–Kier alpha value is -1.50. The predicted octanol–water partition coefficient (Wildman–Crippen LogP) is 1.66. The highest BCUT2D eigenvalue weighted by atomic mass is 32.2. The van der Waals surface area contributed by atoms with Gasteiger partial charge < -0.3 is 10.1 Å². The van der Waals surface area contributed by atoms with E-state index < -0.39 is 5.97 Å². The number of ether oxygens (including phenoxy) is 1. The van der Waals surface area contributed by atoms with Crippen LogP contribution in [0.25, 0.3) is 0 Å². The standard InChI is InChI=1S/C16H24N2O4S/c1-3-22-16(21)8-15-18(14(20)10-23-15)9-13(19)17-12-7-5-4-6-11(12)2/h8,11-12H,3-7,9-10H2,1-2H3,(H,17,19)/b15-8-/t11-,12-/m0/s1. The maximum atomic E-state index is 12.3. The average Bonchev–Trinajstić information content (AvgIpc) is 2.83. The minimum atomic E-state index is -0.490. The van der Waals surface area contributed by atoms with Gasteiger partial charge >= 0.3 is 5.97 Å². The number of amides is 2. The minimum absolute atomic E-state index is 0.0414. The van der Waals surface area contributed by atoms with Gasteiger partial charge in [0.05, 0.1) is 23.5 Å². The van der Waals surface area contributed by atoms with Gasteiger partial charge in [-0.25, -0.2) is 4.79 Å². The van der Waals surface area contributed by atoms with E-state index >= 15 is 0 Å². The van der Waals surface area contributed by atoms with Gasteiger partial charge in [-0.3, -0.25) is 14.5 Å². The molecule has 1 aliphatic heterocycles. The van der Waals surface area contributed by atoms with Crippen LogP contribution in [0.5, 0.6) is 0 Å². The summed E-state index contributed by atoms with van der Waals surface area (Å²) in [6.45, 7) is 4.11. The molecule has 7 heteroatoms. The zero-order valence-corrected chi connectivity index (χ0v) is 14.5. The zero-order valence-electron chi connectivity index (χ0n) is 13.7. The molecule has 1 N–H and O–H groups in total. The van der Waals surface area contributed by atoms with Crippen molar-refractivity contribution in [2.45, 2.75) is 45.6 Å². The van der Waals surface area contributed by atoms with Gasteiger partial charge in [0.25, 0.3) is 0 Å². The summed E-state index contributed by atoms with van der Waals surface area (Å²) in [6, 6.07) is 0.180. The van der Waals surface area contributed by atoms with Crippen LogP contribution in [0.1, 0.15) is 39.5 Å². The lowest BCUT2D eigenvalue weighted by Gasteiger charge is -2.30. The van der Waals surface area contributed by atoms with Crippen molar-refractivity contribution in [2.24, 2.45) is 5.92 Å². The smallest absolute Gasteiger partial charge is 0.333 e. The molecule has 128 valence electrons. The number of hydrogen-bond donors (Lipinski definition) is 1. The molecule has 2 rings (SSSR count). The number of carbonyl (C=O) groups excluding carboxylic acids is 3. The average molecular weight is 340 g/mol. The van der Waals surface area contributed by atoms with E-state index in [0.717, 1.165) is 19.3 Å². The topological polar surface area (TPSA) is 75.7 Å². The molecule has 0 unspecified atom stereocenters. The molecule has 0 aromatic carbocycles. The molecule has 0 spiro atoms. The Morgan fingerprint density at radius 2 is 2.13 bits per heavy atom. The molecule has 0 aromatic rings. The molecule has 0 radical (unpaired) electrons. The van der Waals surface area contributed by atoms with Crippen LogP contribution in [0.2, 0.25) is 0 Å². The van der Waals surface area contributed by atoms with E-state index in [1.165, 1.54) is 29.2 Å². The van der Waals surface area contributed by atoms with Crippen LogP contribution in [0.4, 0.5) is 0 Å². The first-order chi connectivity index (χ1) is 11.0. The Kier molecular flexibility index (Phi) is 6.50.